The predicted molar refractivity (Wildman–Crippen MR) is 102 cm³/mol. The minimum absolute atomic E-state index is 0. The molecular weight excluding hydrogens is 411 g/mol. The Bertz CT molecular complexity index is 599. The molecule has 2 rings (SSSR count). The number of hydrogen-bond donors (Lipinski definition) is 2. The van der Waals surface area contributed by atoms with Crippen LogP contribution in [0.25, 0.3) is 0 Å². The highest BCUT2D eigenvalue weighted by Gasteiger charge is 2.04. The molecule has 0 spiro atoms. The molecule has 0 aliphatic heterocycles. The molecule has 22 heavy (non-hydrogen) atoms. The molecule has 0 unspecified atom stereocenters. The highest BCUT2D eigenvalue weighted by Crippen LogP contribution is 2.16. The van der Waals surface area contributed by atoms with Crippen molar-refractivity contribution in [2.45, 2.75) is 26.8 Å². The van der Waals surface area contributed by atoms with Crippen molar-refractivity contribution in [2.75, 3.05) is 13.6 Å². The summed E-state index contributed by atoms with van der Waals surface area (Å²) in [5, 5.41) is 11.9. The molecule has 0 saturated heterocycles. The van der Waals surface area contributed by atoms with E-state index in [1.807, 2.05) is 19.4 Å². The molecule has 2 aromatic heterocycles. The van der Waals surface area contributed by atoms with Crippen molar-refractivity contribution in [1.29, 1.82) is 0 Å². The number of thiazole rings is 1. The fourth-order valence-corrected chi connectivity index (χ4v) is 2.84. The number of aryl methyl sites for hydroxylation is 3. The molecule has 0 amide bonds. The summed E-state index contributed by atoms with van der Waals surface area (Å²) in [5.74, 6) is 0.795. The molecule has 2 heterocycles. The zero-order valence-electron chi connectivity index (χ0n) is 13.4. The van der Waals surface area contributed by atoms with Crippen LogP contribution in [-0.4, -0.2) is 34.3 Å². The van der Waals surface area contributed by atoms with E-state index in [0.29, 0.717) is 6.54 Å². The number of aliphatic imine (C=N–C) groups is 1. The fourth-order valence-electron chi connectivity index (χ4n) is 1.90. The zero-order valence-corrected chi connectivity index (χ0v) is 16.5. The summed E-state index contributed by atoms with van der Waals surface area (Å²) in [5.41, 5.74) is 2.26. The summed E-state index contributed by atoms with van der Waals surface area (Å²) >= 11 is 1.76. The van der Waals surface area contributed by atoms with E-state index < -0.39 is 0 Å². The Morgan fingerprint density at radius 1 is 1.36 bits per heavy atom. The lowest BCUT2D eigenvalue weighted by molar-refractivity contribution is 0.764. The van der Waals surface area contributed by atoms with Gasteiger partial charge < -0.3 is 10.6 Å². The zero-order chi connectivity index (χ0) is 15.2. The molecule has 2 N–H and O–H groups in total. The van der Waals surface area contributed by atoms with Crippen molar-refractivity contribution < 1.29 is 0 Å². The molecule has 0 aromatic carbocycles. The van der Waals surface area contributed by atoms with Gasteiger partial charge in [0.2, 0.25) is 0 Å². The van der Waals surface area contributed by atoms with Crippen molar-refractivity contribution in [2.24, 2.45) is 12.0 Å². The molecule has 0 aliphatic rings. The first kappa shape index (κ1) is 18.9. The lowest BCUT2D eigenvalue weighted by atomic mass is 10.3. The van der Waals surface area contributed by atoms with E-state index in [1.54, 1.807) is 23.1 Å². The highest BCUT2D eigenvalue weighted by atomic mass is 127. The first-order valence-electron chi connectivity index (χ1n) is 6.93. The standard InChI is InChI=1S/C14H22N6S.HI/c1-10-11(2)21-13(19-10)5-6-16-14(15-3)17-7-12-8-18-20(4)9-12;/h8-9H,5-7H2,1-4H3,(H2,15,16,17);1H. The third-order valence-corrected chi connectivity index (χ3v) is 4.28. The molecule has 0 atom stereocenters. The van der Waals surface area contributed by atoms with Crippen LogP contribution < -0.4 is 10.6 Å². The van der Waals surface area contributed by atoms with Gasteiger partial charge in [0.1, 0.15) is 0 Å². The Kier molecular flexibility index (Phi) is 7.80. The van der Waals surface area contributed by atoms with Crippen LogP contribution in [0, 0.1) is 13.8 Å². The van der Waals surface area contributed by atoms with Crippen LogP contribution in [-0.2, 0) is 20.0 Å². The van der Waals surface area contributed by atoms with Gasteiger partial charge in [-0.25, -0.2) is 4.98 Å². The van der Waals surface area contributed by atoms with Gasteiger partial charge in [0, 0.05) is 50.2 Å². The largest absolute Gasteiger partial charge is 0.356 e. The predicted octanol–water partition coefficient (Wildman–Crippen LogP) is 2.02. The number of aromatic nitrogens is 3. The number of guanidine groups is 1. The van der Waals surface area contributed by atoms with Crippen molar-refractivity contribution in [3.05, 3.63) is 33.5 Å². The normalized spacial score (nSPS) is 11.2. The average molecular weight is 434 g/mol. The SMILES string of the molecule is CN=C(NCCc1nc(C)c(C)s1)NCc1cnn(C)c1.I. The third-order valence-electron chi connectivity index (χ3n) is 3.15. The first-order valence-corrected chi connectivity index (χ1v) is 7.75. The second-order valence-electron chi connectivity index (χ2n) is 4.87. The number of halogens is 1. The Morgan fingerprint density at radius 3 is 2.68 bits per heavy atom. The maximum absolute atomic E-state index is 4.54. The van der Waals surface area contributed by atoms with E-state index >= 15 is 0 Å². The first-order chi connectivity index (χ1) is 10.1. The van der Waals surface area contributed by atoms with Crippen LogP contribution in [0.3, 0.4) is 0 Å². The van der Waals surface area contributed by atoms with Crippen molar-refractivity contribution in [3.63, 3.8) is 0 Å². The van der Waals surface area contributed by atoms with Gasteiger partial charge in [0.15, 0.2) is 5.96 Å². The minimum Gasteiger partial charge on any atom is -0.356 e. The molecule has 8 heteroatoms. The smallest absolute Gasteiger partial charge is 0.191 e. The summed E-state index contributed by atoms with van der Waals surface area (Å²) in [6.07, 6.45) is 4.75. The lowest BCUT2D eigenvalue weighted by Crippen LogP contribution is -2.37. The van der Waals surface area contributed by atoms with E-state index in [-0.39, 0.29) is 24.0 Å². The lowest BCUT2D eigenvalue weighted by Gasteiger charge is -2.10. The Balaban J connectivity index is 0.00000242. The number of nitrogens with zero attached hydrogens (tertiary/aromatic N) is 4. The summed E-state index contributed by atoms with van der Waals surface area (Å²) in [7, 11) is 3.69. The van der Waals surface area contributed by atoms with Gasteiger partial charge in [-0.15, -0.1) is 35.3 Å². The Morgan fingerprint density at radius 2 is 2.14 bits per heavy atom. The monoisotopic (exact) mass is 434 g/mol. The number of rotatable bonds is 5. The van der Waals surface area contributed by atoms with Gasteiger partial charge in [0.05, 0.1) is 16.9 Å². The van der Waals surface area contributed by atoms with Gasteiger partial charge in [-0.3, -0.25) is 9.67 Å². The van der Waals surface area contributed by atoms with Crippen LogP contribution in [0.15, 0.2) is 17.4 Å². The molecule has 0 saturated carbocycles. The molecule has 0 aliphatic carbocycles. The summed E-state index contributed by atoms with van der Waals surface area (Å²) in [4.78, 5) is 10.0. The molecular formula is C14H23IN6S. The van der Waals surface area contributed by atoms with Crippen molar-refractivity contribution in [1.82, 2.24) is 25.4 Å². The van der Waals surface area contributed by atoms with Crippen LogP contribution in [0.2, 0.25) is 0 Å². The second-order valence-corrected chi connectivity index (χ2v) is 6.16. The topological polar surface area (TPSA) is 67.1 Å². The minimum atomic E-state index is 0. The van der Waals surface area contributed by atoms with Crippen molar-refractivity contribution in [3.8, 4) is 0 Å². The Labute approximate surface area is 152 Å². The number of nitrogens with one attached hydrogen (secondary N) is 2. The average Bonchev–Trinajstić information content (AvgIpc) is 3.00. The quantitative estimate of drug-likeness (QED) is 0.430. The van der Waals surface area contributed by atoms with Crippen LogP contribution in [0.1, 0.15) is 21.1 Å². The van der Waals surface area contributed by atoms with Gasteiger partial charge in [0.25, 0.3) is 0 Å². The van der Waals surface area contributed by atoms with Gasteiger partial charge in [-0.1, -0.05) is 0 Å². The van der Waals surface area contributed by atoms with E-state index in [9.17, 15) is 0 Å². The third kappa shape index (κ3) is 5.56. The van der Waals surface area contributed by atoms with Gasteiger partial charge in [-0.2, -0.15) is 5.10 Å². The van der Waals surface area contributed by atoms with E-state index in [2.05, 4.69) is 39.6 Å². The van der Waals surface area contributed by atoms with Crippen LogP contribution in [0.5, 0.6) is 0 Å². The summed E-state index contributed by atoms with van der Waals surface area (Å²) < 4.78 is 1.79. The van der Waals surface area contributed by atoms with Crippen LogP contribution >= 0.6 is 35.3 Å². The number of hydrogen-bond acceptors (Lipinski definition) is 4. The molecule has 0 bridgehead atoms. The molecule has 0 radical (unpaired) electrons. The molecule has 2 aromatic rings. The fraction of sp³-hybridized carbons (Fsp3) is 0.500. The molecule has 6 nitrogen and oxygen atoms in total. The van der Waals surface area contributed by atoms with Gasteiger partial charge >= 0.3 is 0 Å². The summed E-state index contributed by atoms with van der Waals surface area (Å²) in [6, 6.07) is 0. The molecule has 122 valence electrons. The van der Waals surface area contributed by atoms with E-state index in [0.717, 1.165) is 30.2 Å². The molecule has 0 fully saturated rings. The van der Waals surface area contributed by atoms with Crippen LogP contribution in [0.4, 0.5) is 0 Å². The van der Waals surface area contributed by atoms with Crippen molar-refractivity contribution >= 4 is 41.3 Å². The maximum Gasteiger partial charge on any atom is 0.191 e. The van der Waals surface area contributed by atoms with E-state index in [4.69, 9.17) is 0 Å². The maximum atomic E-state index is 4.54. The second kappa shape index (κ2) is 9.09. The van der Waals surface area contributed by atoms with Gasteiger partial charge in [-0.05, 0) is 13.8 Å². The van der Waals surface area contributed by atoms with E-state index in [1.165, 1.54) is 9.88 Å². The Hall–Kier alpha value is -1.16. The highest BCUT2D eigenvalue weighted by molar-refractivity contribution is 14.0. The summed E-state index contributed by atoms with van der Waals surface area (Å²) in [6.45, 7) is 5.69.